The van der Waals surface area contributed by atoms with Crippen LogP contribution < -0.4 is 5.32 Å². The quantitative estimate of drug-likeness (QED) is 0.851. The van der Waals surface area contributed by atoms with Crippen LogP contribution in [0.1, 0.15) is 39.0 Å². The van der Waals surface area contributed by atoms with Gasteiger partial charge in [-0.1, -0.05) is 6.92 Å². The van der Waals surface area contributed by atoms with E-state index in [0.717, 1.165) is 51.7 Å². The summed E-state index contributed by atoms with van der Waals surface area (Å²) in [4.78, 5) is 14.6. The molecule has 2 heterocycles. The number of nitrogens with one attached hydrogen (secondary N) is 1. The molecule has 2 atom stereocenters. The largest absolute Gasteiger partial charge is 0.380 e. The van der Waals surface area contributed by atoms with Gasteiger partial charge in [0.15, 0.2) is 0 Å². The lowest BCUT2D eigenvalue weighted by Crippen LogP contribution is -2.57. The van der Waals surface area contributed by atoms with Gasteiger partial charge >= 0.3 is 0 Å². The lowest BCUT2D eigenvalue weighted by atomic mass is 9.91. The summed E-state index contributed by atoms with van der Waals surface area (Å²) in [5.74, 6) is 0.291. The van der Waals surface area contributed by atoms with Crippen LogP contribution in [0.5, 0.6) is 0 Å². The van der Waals surface area contributed by atoms with Crippen LogP contribution in [-0.4, -0.2) is 49.2 Å². The van der Waals surface area contributed by atoms with Gasteiger partial charge in [-0.25, -0.2) is 0 Å². The van der Waals surface area contributed by atoms with Crippen molar-refractivity contribution in [1.82, 2.24) is 10.2 Å². The highest BCUT2D eigenvalue weighted by atomic mass is 35.5. The van der Waals surface area contributed by atoms with E-state index >= 15 is 0 Å². The van der Waals surface area contributed by atoms with Crippen molar-refractivity contribution in [3.8, 4) is 0 Å². The van der Waals surface area contributed by atoms with Crippen molar-refractivity contribution in [2.45, 2.75) is 50.7 Å². The number of carbonyl (C=O) groups is 1. The Bertz CT molecular complexity index is 280. The maximum absolute atomic E-state index is 12.6. The topological polar surface area (TPSA) is 41.6 Å². The molecule has 18 heavy (non-hydrogen) atoms. The average Bonchev–Trinajstić information content (AvgIpc) is 2.88. The van der Waals surface area contributed by atoms with Gasteiger partial charge in [0.2, 0.25) is 5.91 Å². The van der Waals surface area contributed by atoms with Crippen molar-refractivity contribution in [1.29, 1.82) is 0 Å². The lowest BCUT2D eigenvalue weighted by Gasteiger charge is -2.38. The molecular weight excluding hydrogens is 252 g/mol. The van der Waals surface area contributed by atoms with Crippen LogP contribution in [0, 0.1) is 0 Å². The summed E-state index contributed by atoms with van der Waals surface area (Å²) in [5, 5.41) is 3.42. The Hall–Kier alpha value is -0.320. The van der Waals surface area contributed by atoms with Gasteiger partial charge in [0, 0.05) is 20.2 Å². The zero-order valence-corrected chi connectivity index (χ0v) is 12.2. The first kappa shape index (κ1) is 15.7. The molecule has 5 heteroatoms. The number of hydrogen-bond donors (Lipinski definition) is 1. The molecule has 0 bridgehead atoms. The highest BCUT2D eigenvalue weighted by Crippen LogP contribution is 2.27. The second kappa shape index (κ2) is 6.73. The molecule has 2 rings (SSSR count). The Morgan fingerprint density at radius 1 is 1.50 bits per heavy atom. The minimum Gasteiger partial charge on any atom is -0.380 e. The minimum atomic E-state index is -0.282. The fourth-order valence-electron chi connectivity index (χ4n) is 3.06. The number of nitrogens with zero attached hydrogens (tertiary/aromatic N) is 1. The molecule has 0 saturated carbocycles. The normalized spacial score (nSPS) is 32.1. The van der Waals surface area contributed by atoms with E-state index in [9.17, 15) is 4.79 Å². The number of halogens is 1. The molecular formula is C13H25ClN2O2. The molecule has 4 nitrogen and oxygen atoms in total. The molecule has 2 aliphatic heterocycles. The maximum atomic E-state index is 12.6. The van der Waals surface area contributed by atoms with E-state index in [1.807, 2.05) is 4.90 Å². The van der Waals surface area contributed by atoms with Gasteiger partial charge in [-0.15, -0.1) is 12.4 Å². The summed E-state index contributed by atoms with van der Waals surface area (Å²) in [6.07, 6.45) is 5.34. The maximum Gasteiger partial charge on any atom is 0.242 e. The highest BCUT2D eigenvalue weighted by Gasteiger charge is 2.42. The fraction of sp³-hybridized carbons (Fsp3) is 0.923. The Balaban J connectivity index is 0.00000162. The molecule has 2 aliphatic rings. The summed E-state index contributed by atoms with van der Waals surface area (Å²) in [6, 6.07) is 0. The number of hydrogen-bond acceptors (Lipinski definition) is 3. The van der Waals surface area contributed by atoms with Gasteiger partial charge in [0.25, 0.3) is 0 Å². The summed E-state index contributed by atoms with van der Waals surface area (Å²) < 4.78 is 5.39. The predicted molar refractivity (Wildman–Crippen MR) is 74.1 cm³/mol. The van der Waals surface area contributed by atoms with Crippen LogP contribution in [0.2, 0.25) is 0 Å². The third-order valence-corrected chi connectivity index (χ3v) is 4.26. The van der Waals surface area contributed by atoms with E-state index in [-0.39, 0.29) is 24.0 Å². The van der Waals surface area contributed by atoms with Crippen LogP contribution >= 0.6 is 12.4 Å². The van der Waals surface area contributed by atoms with Gasteiger partial charge in [-0.3, -0.25) is 4.79 Å². The van der Waals surface area contributed by atoms with Crippen LogP contribution in [0.3, 0.4) is 0 Å². The molecule has 0 aliphatic carbocycles. The first-order chi connectivity index (χ1) is 8.22. The first-order valence-electron chi connectivity index (χ1n) is 6.79. The van der Waals surface area contributed by atoms with Crippen molar-refractivity contribution < 1.29 is 9.53 Å². The van der Waals surface area contributed by atoms with Gasteiger partial charge in [0.05, 0.1) is 11.6 Å². The third kappa shape index (κ3) is 2.98. The van der Waals surface area contributed by atoms with Crippen LogP contribution in [0.15, 0.2) is 0 Å². The molecule has 2 fully saturated rings. The second-order valence-corrected chi connectivity index (χ2v) is 5.22. The zero-order chi connectivity index (χ0) is 12.3. The van der Waals surface area contributed by atoms with Crippen molar-refractivity contribution in [2.24, 2.45) is 0 Å². The number of rotatable bonds is 3. The molecule has 2 saturated heterocycles. The monoisotopic (exact) mass is 276 g/mol. The van der Waals surface area contributed by atoms with Crippen molar-refractivity contribution in [3.63, 3.8) is 0 Å². The third-order valence-electron chi connectivity index (χ3n) is 4.26. The number of ether oxygens (including phenoxy) is 1. The zero-order valence-electron chi connectivity index (χ0n) is 11.4. The second-order valence-electron chi connectivity index (χ2n) is 5.22. The van der Waals surface area contributed by atoms with Gasteiger partial charge in [-0.05, 0) is 38.6 Å². The van der Waals surface area contributed by atoms with E-state index in [0.29, 0.717) is 5.91 Å². The number of piperidine rings is 1. The van der Waals surface area contributed by atoms with Crippen LogP contribution in [-0.2, 0) is 9.53 Å². The number of amides is 1. The Labute approximate surface area is 116 Å². The molecule has 2 unspecified atom stereocenters. The number of likely N-dealkylation sites (tertiary alicyclic amines) is 1. The highest BCUT2D eigenvalue weighted by molar-refractivity contribution is 5.87. The Kier molecular flexibility index (Phi) is 5.89. The predicted octanol–water partition coefficient (Wildman–Crippen LogP) is 1.58. The molecule has 0 aromatic heterocycles. The van der Waals surface area contributed by atoms with Crippen molar-refractivity contribution in [3.05, 3.63) is 0 Å². The van der Waals surface area contributed by atoms with Gasteiger partial charge < -0.3 is 15.0 Å². The Morgan fingerprint density at radius 2 is 2.28 bits per heavy atom. The molecule has 0 spiro atoms. The van der Waals surface area contributed by atoms with Crippen LogP contribution in [0.4, 0.5) is 0 Å². The van der Waals surface area contributed by atoms with Crippen LogP contribution in [0.25, 0.3) is 0 Å². The summed E-state index contributed by atoms with van der Waals surface area (Å²) in [6.45, 7) is 4.73. The fourth-order valence-corrected chi connectivity index (χ4v) is 3.06. The van der Waals surface area contributed by atoms with E-state index in [4.69, 9.17) is 4.74 Å². The minimum absolute atomic E-state index is 0. The smallest absolute Gasteiger partial charge is 0.242 e. The Morgan fingerprint density at radius 3 is 2.83 bits per heavy atom. The SMILES string of the molecule is CCC1(C(=O)N2CCCC(OC)C2)CCCN1.Cl. The lowest BCUT2D eigenvalue weighted by molar-refractivity contribution is -0.141. The average molecular weight is 277 g/mol. The molecule has 0 aromatic carbocycles. The summed E-state index contributed by atoms with van der Waals surface area (Å²) >= 11 is 0. The van der Waals surface area contributed by atoms with E-state index in [1.165, 1.54) is 0 Å². The molecule has 1 amide bonds. The van der Waals surface area contributed by atoms with Crippen molar-refractivity contribution in [2.75, 3.05) is 26.7 Å². The van der Waals surface area contributed by atoms with E-state index < -0.39 is 0 Å². The molecule has 106 valence electrons. The first-order valence-corrected chi connectivity index (χ1v) is 6.79. The van der Waals surface area contributed by atoms with Gasteiger partial charge in [0.1, 0.15) is 0 Å². The molecule has 0 radical (unpaired) electrons. The number of carbonyl (C=O) groups excluding carboxylic acids is 1. The standard InChI is InChI=1S/C13H24N2O2.ClH/c1-3-13(7-5-8-14-13)12(16)15-9-4-6-11(10-15)17-2;/h11,14H,3-10H2,1-2H3;1H. The van der Waals surface area contributed by atoms with E-state index in [2.05, 4.69) is 12.2 Å². The van der Waals surface area contributed by atoms with Crippen molar-refractivity contribution >= 4 is 18.3 Å². The molecule has 1 N–H and O–H groups in total. The summed E-state index contributed by atoms with van der Waals surface area (Å²) in [7, 11) is 1.74. The summed E-state index contributed by atoms with van der Waals surface area (Å²) in [5.41, 5.74) is -0.282. The van der Waals surface area contributed by atoms with E-state index in [1.54, 1.807) is 7.11 Å². The molecule has 0 aromatic rings. The number of methoxy groups -OCH3 is 1. The van der Waals surface area contributed by atoms with Gasteiger partial charge in [-0.2, -0.15) is 0 Å².